The minimum absolute atomic E-state index is 0.0000981. The average molecular weight is 399 g/mol. The predicted molar refractivity (Wildman–Crippen MR) is 115 cm³/mol. The lowest BCUT2D eigenvalue weighted by atomic mass is 10.1. The zero-order valence-electron chi connectivity index (χ0n) is 16.2. The summed E-state index contributed by atoms with van der Waals surface area (Å²) in [7, 11) is 0. The molecule has 3 aromatic carbocycles. The number of amides is 1. The van der Waals surface area contributed by atoms with Crippen LogP contribution < -0.4 is 5.32 Å². The molecule has 5 heteroatoms. The fraction of sp³-hybridized carbons (Fsp3) is 0.0400. The van der Waals surface area contributed by atoms with Gasteiger partial charge in [-0.1, -0.05) is 42.0 Å². The van der Waals surface area contributed by atoms with Gasteiger partial charge in [-0.05, 0) is 55.0 Å². The number of rotatable bonds is 5. The number of hydrogen-bond acceptors (Lipinski definition) is 3. The van der Waals surface area contributed by atoms with Gasteiger partial charge in [-0.25, -0.2) is 4.39 Å². The number of halogens is 1. The van der Waals surface area contributed by atoms with E-state index in [2.05, 4.69) is 5.32 Å². The second-order valence-electron chi connectivity index (χ2n) is 6.87. The first-order valence-corrected chi connectivity index (χ1v) is 9.39. The first-order chi connectivity index (χ1) is 14.5. The van der Waals surface area contributed by atoms with Gasteiger partial charge in [0.25, 0.3) is 0 Å². The van der Waals surface area contributed by atoms with E-state index in [-0.39, 0.29) is 11.3 Å². The van der Waals surface area contributed by atoms with E-state index < -0.39 is 17.5 Å². The summed E-state index contributed by atoms with van der Waals surface area (Å²) < 4.78 is 19.0. The summed E-state index contributed by atoms with van der Waals surface area (Å²) in [6.07, 6.45) is 3.09. The highest BCUT2D eigenvalue weighted by atomic mass is 19.1. The Morgan fingerprint density at radius 2 is 1.63 bits per heavy atom. The summed E-state index contributed by atoms with van der Waals surface area (Å²) >= 11 is 0. The van der Waals surface area contributed by atoms with Crippen LogP contribution in [-0.2, 0) is 4.79 Å². The molecule has 0 fully saturated rings. The van der Waals surface area contributed by atoms with Gasteiger partial charge >= 0.3 is 0 Å². The molecular weight excluding hydrogens is 381 g/mol. The molecule has 148 valence electrons. The van der Waals surface area contributed by atoms with Crippen LogP contribution in [0, 0.1) is 12.7 Å². The van der Waals surface area contributed by atoms with Crippen molar-refractivity contribution in [1.29, 1.82) is 0 Å². The highest BCUT2D eigenvalue weighted by Crippen LogP contribution is 2.32. The van der Waals surface area contributed by atoms with Crippen LogP contribution >= 0.6 is 0 Å². The lowest BCUT2D eigenvalue weighted by Gasteiger charge is -2.04. The van der Waals surface area contributed by atoms with Gasteiger partial charge in [-0.15, -0.1) is 0 Å². The first kappa shape index (κ1) is 19.3. The third-order valence-corrected chi connectivity index (χ3v) is 4.66. The second kappa shape index (κ2) is 8.17. The SMILES string of the molecule is Cc1ccc(/C=C/C(=O)Nc2c(C(=O)c3ccc(F)cc3)oc3ccccc23)cc1. The predicted octanol–water partition coefficient (Wildman–Crippen LogP) is 5.76. The topological polar surface area (TPSA) is 59.3 Å². The summed E-state index contributed by atoms with van der Waals surface area (Å²) in [6, 6.07) is 20.0. The number of ketones is 1. The number of benzene rings is 3. The number of para-hydroxylation sites is 1. The van der Waals surface area contributed by atoms with E-state index in [4.69, 9.17) is 4.42 Å². The molecule has 1 aromatic heterocycles. The van der Waals surface area contributed by atoms with Crippen molar-refractivity contribution in [3.05, 3.63) is 107 Å². The number of aryl methyl sites for hydroxylation is 1. The van der Waals surface area contributed by atoms with Gasteiger partial charge in [-0.3, -0.25) is 9.59 Å². The Bertz CT molecular complexity index is 1250. The Kier molecular flexibility index (Phi) is 5.26. The average Bonchev–Trinajstić information content (AvgIpc) is 3.12. The van der Waals surface area contributed by atoms with Crippen LogP contribution in [0.3, 0.4) is 0 Å². The maximum Gasteiger partial charge on any atom is 0.248 e. The number of furan rings is 1. The molecule has 0 atom stereocenters. The number of carbonyl (C=O) groups is 2. The third-order valence-electron chi connectivity index (χ3n) is 4.66. The van der Waals surface area contributed by atoms with Crippen molar-refractivity contribution in [3.63, 3.8) is 0 Å². The van der Waals surface area contributed by atoms with Crippen LogP contribution in [0.2, 0.25) is 0 Å². The lowest BCUT2D eigenvalue weighted by molar-refractivity contribution is -0.111. The van der Waals surface area contributed by atoms with E-state index in [1.165, 1.54) is 30.3 Å². The van der Waals surface area contributed by atoms with Crippen LogP contribution in [0.15, 0.2) is 83.3 Å². The molecule has 1 amide bonds. The number of anilines is 1. The van der Waals surface area contributed by atoms with Crippen LogP contribution in [0.1, 0.15) is 27.2 Å². The standard InChI is InChI=1S/C25H18FNO3/c1-16-6-8-17(9-7-16)10-15-22(28)27-23-20-4-2-3-5-21(20)30-25(23)24(29)18-11-13-19(26)14-12-18/h2-15H,1H3,(H,27,28)/b15-10+. The molecule has 0 aliphatic heterocycles. The lowest BCUT2D eigenvalue weighted by Crippen LogP contribution is -2.11. The Labute approximate surface area is 172 Å². The molecular formula is C25H18FNO3. The van der Waals surface area contributed by atoms with Crippen molar-refractivity contribution in [2.45, 2.75) is 6.92 Å². The number of carbonyl (C=O) groups excluding carboxylic acids is 2. The molecule has 1 N–H and O–H groups in total. The number of nitrogens with one attached hydrogen (secondary N) is 1. The number of fused-ring (bicyclic) bond motifs is 1. The van der Waals surface area contributed by atoms with E-state index in [9.17, 15) is 14.0 Å². The zero-order valence-corrected chi connectivity index (χ0v) is 16.2. The van der Waals surface area contributed by atoms with E-state index in [0.717, 1.165) is 11.1 Å². The van der Waals surface area contributed by atoms with Crippen molar-refractivity contribution >= 4 is 34.4 Å². The van der Waals surface area contributed by atoms with Crippen molar-refractivity contribution in [2.75, 3.05) is 5.32 Å². The molecule has 0 aliphatic rings. The molecule has 0 spiro atoms. The summed E-state index contributed by atoms with van der Waals surface area (Å²) in [5, 5.41) is 3.37. The maximum atomic E-state index is 13.2. The fourth-order valence-corrected chi connectivity index (χ4v) is 3.08. The fourth-order valence-electron chi connectivity index (χ4n) is 3.08. The monoisotopic (exact) mass is 399 g/mol. The minimum atomic E-state index is -0.441. The molecule has 0 aliphatic carbocycles. The van der Waals surface area contributed by atoms with Crippen molar-refractivity contribution in [1.82, 2.24) is 0 Å². The molecule has 1 heterocycles. The third kappa shape index (κ3) is 4.05. The summed E-state index contributed by atoms with van der Waals surface area (Å²) in [5.74, 6) is -1.27. The van der Waals surface area contributed by atoms with E-state index >= 15 is 0 Å². The normalized spacial score (nSPS) is 11.1. The molecule has 0 bridgehead atoms. The van der Waals surface area contributed by atoms with Crippen LogP contribution in [-0.4, -0.2) is 11.7 Å². The summed E-state index contributed by atoms with van der Waals surface area (Å²) in [5.41, 5.74) is 3.04. The summed E-state index contributed by atoms with van der Waals surface area (Å²) in [6.45, 7) is 1.99. The van der Waals surface area contributed by atoms with Gasteiger partial charge in [0, 0.05) is 17.0 Å². The Balaban J connectivity index is 1.66. The van der Waals surface area contributed by atoms with Gasteiger partial charge < -0.3 is 9.73 Å². The van der Waals surface area contributed by atoms with Gasteiger partial charge in [0.15, 0.2) is 5.76 Å². The highest BCUT2D eigenvalue weighted by Gasteiger charge is 2.23. The molecule has 0 saturated heterocycles. The molecule has 0 unspecified atom stereocenters. The van der Waals surface area contributed by atoms with Gasteiger partial charge in [-0.2, -0.15) is 0 Å². The number of hydrogen-bond donors (Lipinski definition) is 1. The molecule has 4 nitrogen and oxygen atoms in total. The highest BCUT2D eigenvalue weighted by molar-refractivity contribution is 6.18. The van der Waals surface area contributed by atoms with E-state index in [1.54, 1.807) is 30.3 Å². The quantitative estimate of drug-likeness (QED) is 0.343. The van der Waals surface area contributed by atoms with Crippen LogP contribution in [0.25, 0.3) is 17.0 Å². The second-order valence-corrected chi connectivity index (χ2v) is 6.87. The van der Waals surface area contributed by atoms with Crippen molar-refractivity contribution in [2.24, 2.45) is 0 Å². The van der Waals surface area contributed by atoms with E-state index in [0.29, 0.717) is 16.7 Å². The van der Waals surface area contributed by atoms with E-state index in [1.807, 2.05) is 31.2 Å². The Morgan fingerprint density at radius 3 is 2.37 bits per heavy atom. The summed E-state index contributed by atoms with van der Waals surface area (Å²) in [4.78, 5) is 25.5. The Hall–Kier alpha value is -3.99. The zero-order chi connectivity index (χ0) is 21.1. The minimum Gasteiger partial charge on any atom is -0.450 e. The maximum absolute atomic E-state index is 13.2. The van der Waals surface area contributed by atoms with Gasteiger partial charge in [0.1, 0.15) is 11.4 Å². The molecule has 0 saturated carbocycles. The molecule has 0 radical (unpaired) electrons. The van der Waals surface area contributed by atoms with Crippen LogP contribution in [0.4, 0.5) is 10.1 Å². The Morgan fingerprint density at radius 1 is 0.933 bits per heavy atom. The smallest absolute Gasteiger partial charge is 0.248 e. The van der Waals surface area contributed by atoms with Gasteiger partial charge in [0.2, 0.25) is 11.7 Å². The van der Waals surface area contributed by atoms with Crippen molar-refractivity contribution in [3.8, 4) is 0 Å². The first-order valence-electron chi connectivity index (χ1n) is 9.39. The van der Waals surface area contributed by atoms with Crippen molar-refractivity contribution < 1.29 is 18.4 Å². The molecule has 4 rings (SSSR count). The largest absolute Gasteiger partial charge is 0.450 e. The van der Waals surface area contributed by atoms with Gasteiger partial charge in [0.05, 0.1) is 5.69 Å². The van der Waals surface area contributed by atoms with Crippen LogP contribution in [0.5, 0.6) is 0 Å². The molecule has 4 aromatic rings. The molecule has 30 heavy (non-hydrogen) atoms.